The fourth-order valence-corrected chi connectivity index (χ4v) is 3.45. The molecule has 5 nitrogen and oxygen atoms in total. The van der Waals surface area contributed by atoms with Gasteiger partial charge in [-0.05, 0) is 19.8 Å². The van der Waals surface area contributed by atoms with Crippen molar-refractivity contribution in [2.24, 2.45) is 0 Å². The Balaban J connectivity index is 2.33. The summed E-state index contributed by atoms with van der Waals surface area (Å²) in [7, 11) is -3.19. The Morgan fingerprint density at radius 2 is 2.18 bits per heavy atom. The molecular weight excluding hydrogens is 240 g/mol. The van der Waals surface area contributed by atoms with Gasteiger partial charge in [0, 0.05) is 12.6 Å². The third kappa shape index (κ3) is 2.87. The number of aromatic nitrogens is 1. The van der Waals surface area contributed by atoms with Gasteiger partial charge >= 0.3 is 0 Å². The van der Waals surface area contributed by atoms with Gasteiger partial charge < -0.3 is 4.52 Å². The molecule has 1 atom stereocenters. The van der Waals surface area contributed by atoms with Crippen molar-refractivity contribution in [1.29, 1.82) is 0 Å². The molecule has 0 spiro atoms. The summed E-state index contributed by atoms with van der Waals surface area (Å²) in [5, 5.41) is 3.96. The molecule has 1 aromatic rings. The van der Waals surface area contributed by atoms with Crippen molar-refractivity contribution in [2.75, 3.05) is 12.8 Å². The maximum absolute atomic E-state index is 11.8. The third-order valence-corrected chi connectivity index (χ3v) is 4.41. The van der Waals surface area contributed by atoms with E-state index < -0.39 is 10.0 Å². The molecule has 0 radical (unpaired) electrons. The second-order valence-corrected chi connectivity index (χ2v) is 6.54. The number of sulfonamides is 1. The molecule has 1 aromatic heterocycles. The Morgan fingerprint density at radius 1 is 1.41 bits per heavy atom. The summed E-state index contributed by atoms with van der Waals surface area (Å²) in [6.07, 6.45) is 5.10. The fraction of sp³-hybridized carbons (Fsp3) is 0.727. The molecule has 2 heterocycles. The normalized spacial score (nSPS) is 23.5. The quantitative estimate of drug-likeness (QED) is 0.812. The van der Waals surface area contributed by atoms with Gasteiger partial charge in [0.15, 0.2) is 0 Å². The van der Waals surface area contributed by atoms with Crippen molar-refractivity contribution in [3.8, 4) is 0 Å². The Hall–Kier alpha value is -0.880. The predicted octanol–water partition coefficient (Wildman–Crippen LogP) is 1.86. The van der Waals surface area contributed by atoms with Gasteiger partial charge in [-0.15, -0.1) is 0 Å². The molecule has 2 rings (SSSR count). The molecule has 1 saturated heterocycles. The van der Waals surface area contributed by atoms with Crippen molar-refractivity contribution in [3.63, 3.8) is 0 Å². The first-order chi connectivity index (χ1) is 7.98. The minimum Gasteiger partial charge on any atom is -0.361 e. The number of hydrogen-bond donors (Lipinski definition) is 0. The second kappa shape index (κ2) is 4.78. The standard InChI is InChI=1S/C11H18N2O3S/c1-9-8-10(12-16-9)11-6-4-3-5-7-13(11)17(2,14)15/h8,11H,3-7H2,1-2H3/t11-/m0/s1. The van der Waals surface area contributed by atoms with Crippen molar-refractivity contribution in [2.45, 2.75) is 38.6 Å². The molecule has 0 saturated carbocycles. The highest BCUT2D eigenvalue weighted by atomic mass is 32.2. The second-order valence-electron chi connectivity index (χ2n) is 4.60. The zero-order valence-electron chi connectivity index (χ0n) is 10.2. The van der Waals surface area contributed by atoms with E-state index in [1.165, 1.54) is 6.26 Å². The van der Waals surface area contributed by atoms with Crippen molar-refractivity contribution < 1.29 is 12.9 Å². The lowest BCUT2D eigenvalue weighted by atomic mass is 10.1. The molecule has 6 heteroatoms. The molecule has 1 fully saturated rings. The number of aryl methyl sites for hydroxylation is 1. The molecule has 17 heavy (non-hydrogen) atoms. The van der Waals surface area contributed by atoms with Crippen LogP contribution in [0.25, 0.3) is 0 Å². The van der Waals surface area contributed by atoms with Crippen LogP contribution in [0, 0.1) is 6.92 Å². The van der Waals surface area contributed by atoms with Crippen LogP contribution in [0.5, 0.6) is 0 Å². The third-order valence-electron chi connectivity index (χ3n) is 3.12. The van der Waals surface area contributed by atoms with Crippen LogP contribution in [0.4, 0.5) is 0 Å². The molecule has 0 amide bonds. The Bertz CT molecular complexity index is 481. The van der Waals surface area contributed by atoms with Crippen LogP contribution in [-0.2, 0) is 10.0 Å². The Morgan fingerprint density at radius 3 is 2.76 bits per heavy atom. The molecule has 0 unspecified atom stereocenters. The van der Waals surface area contributed by atoms with E-state index in [1.54, 1.807) is 4.31 Å². The molecular formula is C11H18N2O3S. The first-order valence-electron chi connectivity index (χ1n) is 5.88. The summed E-state index contributed by atoms with van der Waals surface area (Å²) >= 11 is 0. The van der Waals surface area contributed by atoms with Gasteiger partial charge in [0.2, 0.25) is 10.0 Å². The van der Waals surface area contributed by atoms with Gasteiger partial charge in [0.1, 0.15) is 11.5 Å². The van der Waals surface area contributed by atoms with E-state index in [2.05, 4.69) is 5.16 Å². The summed E-state index contributed by atoms with van der Waals surface area (Å²) in [6, 6.07) is 1.67. The minimum atomic E-state index is -3.19. The summed E-state index contributed by atoms with van der Waals surface area (Å²) in [4.78, 5) is 0. The van der Waals surface area contributed by atoms with Gasteiger partial charge in [0.05, 0.1) is 12.3 Å². The van der Waals surface area contributed by atoms with Crippen molar-refractivity contribution >= 4 is 10.0 Å². The van der Waals surface area contributed by atoms with Crippen LogP contribution in [0.3, 0.4) is 0 Å². The zero-order valence-corrected chi connectivity index (χ0v) is 11.0. The molecule has 0 N–H and O–H groups in total. The smallest absolute Gasteiger partial charge is 0.211 e. The topological polar surface area (TPSA) is 63.4 Å². The fourth-order valence-electron chi connectivity index (χ4n) is 2.32. The van der Waals surface area contributed by atoms with Crippen molar-refractivity contribution in [3.05, 3.63) is 17.5 Å². The Labute approximate surface area is 102 Å². The molecule has 0 aromatic carbocycles. The maximum Gasteiger partial charge on any atom is 0.211 e. The van der Waals surface area contributed by atoms with E-state index in [0.29, 0.717) is 6.54 Å². The van der Waals surface area contributed by atoms with Crippen LogP contribution in [0.15, 0.2) is 10.6 Å². The lowest BCUT2D eigenvalue weighted by Gasteiger charge is -2.25. The molecule has 0 bridgehead atoms. The van der Waals surface area contributed by atoms with Gasteiger partial charge in [-0.25, -0.2) is 8.42 Å². The van der Waals surface area contributed by atoms with Crippen LogP contribution in [0.2, 0.25) is 0 Å². The average molecular weight is 258 g/mol. The summed E-state index contributed by atoms with van der Waals surface area (Å²) in [5.74, 6) is 0.720. The first-order valence-corrected chi connectivity index (χ1v) is 7.73. The van der Waals surface area contributed by atoms with E-state index in [0.717, 1.165) is 37.1 Å². The van der Waals surface area contributed by atoms with E-state index in [-0.39, 0.29) is 6.04 Å². The van der Waals surface area contributed by atoms with Gasteiger partial charge in [-0.3, -0.25) is 0 Å². The minimum absolute atomic E-state index is 0.162. The van der Waals surface area contributed by atoms with Crippen LogP contribution in [-0.4, -0.2) is 30.7 Å². The molecule has 0 aliphatic carbocycles. The Kier molecular flexibility index (Phi) is 3.53. The van der Waals surface area contributed by atoms with Gasteiger partial charge in [0.25, 0.3) is 0 Å². The van der Waals surface area contributed by atoms with Gasteiger partial charge in [-0.2, -0.15) is 4.31 Å². The average Bonchev–Trinajstić information content (AvgIpc) is 2.52. The van der Waals surface area contributed by atoms with E-state index in [4.69, 9.17) is 4.52 Å². The lowest BCUT2D eigenvalue weighted by Crippen LogP contribution is -2.34. The van der Waals surface area contributed by atoms with Crippen molar-refractivity contribution in [1.82, 2.24) is 9.46 Å². The van der Waals surface area contributed by atoms with Crippen LogP contribution in [0.1, 0.15) is 43.2 Å². The largest absolute Gasteiger partial charge is 0.361 e. The van der Waals surface area contributed by atoms with Crippen LogP contribution >= 0.6 is 0 Å². The van der Waals surface area contributed by atoms with Gasteiger partial charge in [-0.1, -0.05) is 18.0 Å². The van der Waals surface area contributed by atoms with E-state index in [1.807, 2.05) is 13.0 Å². The van der Waals surface area contributed by atoms with E-state index in [9.17, 15) is 8.42 Å². The zero-order chi connectivity index (χ0) is 12.5. The monoisotopic (exact) mass is 258 g/mol. The first kappa shape index (κ1) is 12.6. The summed E-state index contributed by atoms with van der Waals surface area (Å²) in [6.45, 7) is 2.40. The predicted molar refractivity (Wildman–Crippen MR) is 64.0 cm³/mol. The number of hydrogen-bond acceptors (Lipinski definition) is 4. The molecule has 1 aliphatic heterocycles. The summed E-state index contributed by atoms with van der Waals surface area (Å²) < 4.78 is 30.2. The SMILES string of the molecule is Cc1cc([C@@H]2CCCCCN2S(C)(=O)=O)no1. The maximum atomic E-state index is 11.8. The molecule has 96 valence electrons. The lowest BCUT2D eigenvalue weighted by molar-refractivity contribution is 0.306. The van der Waals surface area contributed by atoms with E-state index >= 15 is 0 Å². The highest BCUT2D eigenvalue weighted by molar-refractivity contribution is 7.88. The number of rotatable bonds is 2. The molecule has 1 aliphatic rings. The summed E-state index contributed by atoms with van der Waals surface area (Å²) in [5.41, 5.74) is 0.731. The van der Waals surface area contributed by atoms with Crippen LogP contribution < -0.4 is 0 Å². The number of nitrogens with zero attached hydrogens (tertiary/aromatic N) is 2. The highest BCUT2D eigenvalue weighted by Gasteiger charge is 2.31. The highest BCUT2D eigenvalue weighted by Crippen LogP contribution is 2.31.